The lowest BCUT2D eigenvalue weighted by Crippen LogP contribution is -2.66. The molecule has 1 fully saturated rings. The van der Waals surface area contributed by atoms with E-state index in [4.69, 9.17) is 4.74 Å². The number of hydrogen-bond acceptors (Lipinski definition) is 6. The Balaban J connectivity index is 1.53. The Morgan fingerprint density at radius 3 is 2.89 bits per heavy atom. The number of fused-ring (bicyclic) bond motifs is 1. The van der Waals surface area contributed by atoms with E-state index in [2.05, 4.69) is 51.4 Å². The Kier molecular flexibility index (Phi) is 6.01. The summed E-state index contributed by atoms with van der Waals surface area (Å²) in [6.45, 7) is 4.89. The molecule has 2 aliphatic rings. The highest BCUT2D eigenvalue weighted by Crippen LogP contribution is 2.30. The molecule has 4 rings (SSSR count). The van der Waals surface area contributed by atoms with Crippen LogP contribution < -0.4 is 5.32 Å². The van der Waals surface area contributed by atoms with Gasteiger partial charge in [0, 0.05) is 31.5 Å². The van der Waals surface area contributed by atoms with Gasteiger partial charge >= 0.3 is 0 Å². The van der Waals surface area contributed by atoms with E-state index >= 15 is 0 Å². The molecule has 1 aliphatic carbocycles. The Morgan fingerprint density at radius 1 is 1.25 bits per heavy atom. The van der Waals surface area contributed by atoms with Crippen molar-refractivity contribution in [2.24, 2.45) is 0 Å². The van der Waals surface area contributed by atoms with Gasteiger partial charge < -0.3 is 15.2 Å². The zero-order valence-electron chi connectivity index (χ0n) is 16.6. The normalized spacial score (nSPS) is 28.1. The SMILES string of the molecule is C[C@@H]1COC[C@@](CO)(CNC2CCCc3nccnc32)N1Cc1ccccc1. The number of aliphatic hydroxyl groups excluding tert-OH is 1. The smallest absolute Gasteiger partial charge is 0.0807 e. The first-order chi connectivity index (χ1) is 13.7. The highest BCUT2D eigenvalue weighted by atomic mass is 16.5. The predicted molar refractivity (Wildman–Crippen MR) is 108 cm³/mol. The summed E-state index contributed by atoms with van der Waals surface area (Å²) < 4.78 is 5.90. The molecule has 1 aromatic heterocycles. The zero-order valence-corrected chi connectivity index (χ0v) is 16.6. The third kappa shape index (κ3) is 3.96. The molecule has 0 saturated carbocycles. The van der Waals surface area contributed by atoms with Crippen LogP contribution in [-0.2, 0) is 17.7 Å². The van der Waals surface area contributed by atoms with E-state index in [1.807, 2.05) is 6.07 Å². The third-order valence-electron chi connectivity index (χ3n) is 6.08. The van der Waals surface area contributed by atoms with Crippen LogP contribution in [0.5, 0.6) is 0 Å². The summed E-state index contributed by atoms with van der Waals surface area (Å²) in [6, 6.07) is 10.9. The molecule has 1 unspecified atom stereocenters. The maximum Gasteiger partial charge on any atom is 0.0807 e. The van der Waals surface area contributed by atoms with Crippen molar-refractivity contribution >= 4 is 0 Å². The second-order valence-electron chi connectivity index (χ2n) is 8.07. The summed E-state index contributed by atoms with van der Waals surface area (Å²) >= 11 is 0. The maximum absolute atomic E-state index is 10.4. The number of nitrogens with zero attached hydrogens (tertiary/aromatic N) is 3. The van der Waals surface area contributed by atoms with E-state index in [0.29, 0.717) is 19.8 Å². The zero-order chi connectivity index (χ0) is 19.4. The number of aryl methyl sites for hydroxylation is 1. The van der Waals surface area contributed by atoms with Gasteiger partial charge in [-0.1, -0.05) is 30.3 Å². The van der Waals surface area contributed by atoms with Crippen molar-refractivity contribution in [3.8, 4) is 0 Å². The highest BCUT2D eigenvalue weighted by molar-refractivity contribution is 5.19. The largest absolute Gasteiger partial charge is 0.394 e. The molecule has 0 radical (unpaired) electrons. The fourth-order valence-corrected chi connectivity index (χ4v) is 4.49. The first-order valence-electron chi connectivity index (χ1n) is 10.2. The van der Waals surface area contributed by atoms with Gasteiger partial charge in [-0.3, -0.25) is 14.9 Å². The summed E-state index contributed by atoms with van der Waals surface area (Å²) in [5.41, 5.74) is 2.95. The van der Waals surface area contributed by atoms with Crippen LogP contribution in [0.25, 0.3) is 0 Å². The van der Waals surface area contributed by atoms with Crippen molar-refractivity contribution in [2.45, 2.75) is 50.4 Å². The monoisotopic (exact) mass is 382 g/mol. The van der Waals surface area contributed by atoms with Gasteiger partial charge in [0.15, 0.2) is 0 Å². The Hall–Kier alpha value is -1.86. The van der Waals surface area contributed by atoms with Crippen LogP contribution >= 0.6 is 0 Å². The third-order valence-corrected chi connectivity index (χ3v) is 6.08. The molecule has 2 heterocycles. The van der Waals surface area contributed by atoms with E-state index in [9.17, 15) is 5.11 Å². The molecule has 0 amide bonds. The van der Waals surface area contributed by atoms with Crippen LogP contribution in [-0.4, -0.2) is 57.9 Å². The van der Waals surface area contributed by atoms with E-state index in [1.54, 1.807) is 12.4 Å². The van der Waals surface area contributed by atoms with Crippen molar-refractivity contribution in [3.63, 3.8) is 0 Å². The fourth-order valence-electron chi connectivity index (χ4n) is 4.49. The minimum atomic E-state index is -0.451. The first-order valence-corrected chi connectivity index (χ1v) is 10.2. The van der Waals surface area contributed by atoms with Crippen LogP contribution in [0.3, 0.4) is 0 Å². The fraction of sp³-hybridized carbons (Fsp3) is 0.545. The number of aromatic nitrogens is 2. The molecular formula is C22H30N4O2. The molecule has 3 atom stereocenters. The molecule has 0 spiro atoms. The standard InChI is InChI=1S/C22H30N4O2/c1-17-13-28-16-22(15-27,26(17)12-18-6-3-2-4-7-18)14-25-20-9-5-8-19-21(20)24-11-10-23-19/h2-4,6-7,10-11,17,20,25,27H,5,8-9,12-16H2,1H3/t17-,20?,22+/m1/s1. The molecule has 1 aliphatic heterocycles. The van der Waals surface area contributed by atoms with Crippen LogP contribution in [0, 0.1) is 0 Å². The average Bonchev–Trinajstić information content (AvgIpc) is 2.75. The van der Waals surface area contributed by atoms with Crippen LogP contribution in [0.15, 0.2) is 42.7 Å². The van der Waals surface area contributed by atoms with Gasteiger partial charge in [-0.05, 0) is 31.7 Å². The number of hydrogen-bond donors (Lipinski definition) is 2. The lowest BCUT2D eigenvalue weighted by atomic mass is 9.91. The molecule has 150 valence electrons. The van der Waals surface area contributed by atoms with Crippen molar-refractivity contribution in [3.05, 3.63) is 59.7 Å². The summed E-state index contributed by atoms with van der Waals surface area (Å²) in [7, 11) is 0. The molecule has 2 aromatic rings. The topological polar surface area (TPSA) is 70.5 Å². The van der Waals surface area contributed by atoms with Crippen molar-refractivity contribution in [1.82, 2.24) is 20.2 Å². The summed E-state index contributed by atoms with van der Waals surface area (Å²) in [6.07, 6.45) is 6.69. The van der Waals surface area contributed by atoms with E-state index in [1.165, 1.54) is 5.56 Å². The average molecular weight is 383 g/mol. The summed E-state index contributed by atoms with van der Waals surface area (Å²) in [5, 5.41) is 14.1. The van der Waals surface area contributed by atoms with Gasteiger partial charge in [-0.25, -0.2) is 0 Å². The number of aliphatic hydroxyl groups is 1. The molecule has 2 N–H and O–H groups in total. The van der Waals surface area contributed by atoms with Gasteiger partial charge in [0.25, 0.3) is 0 Å². The van der Waals surface area contributed by atoms with E-state index in [-0.39, 0.29) is 18.7 Å². The van der Waals surface area contributed by atoms with Gasteiger partial charge in [0.1, 0.15) is 0 Å². The summed E-state index contributed by atoms with van der Waals surface area (Å²) in [5.74, 6) is 0. The first kappa shape index (κ1) is 19.5. The minimum Gasteiger partial charge on any atom is -0.394 e. The molecule has 28 heavy (non-hydrogen) atoms. The minimum absolute atomic E-state index is 0.0528. The quantitative estimate of drug-likeness (QED) is 0.797. The Morgan fingerprint density at radius 2 is 2.07 bits per heavy atom. The van der Waals surface area contributed by atoms with Crippen LogP contribution in [0.2, 0.25) is 0 Å². The van der Waals surface area contributed by atoms with Gasteiger partial charge in [-0.2, -0.15) is 0 Å². The number of ether oxygens (including phenoxy) is 1. The lowest BCUT2D eigenvalue weighted by Gasteiger charge is -2.50. The van der Waals surface area contributed by atoms with Crippen molar-refractivity contribution in [2.75, 3.05) is 26.4 Å². The van der Waals surface area contributed by atoms with E-state index < -0.39 is 5.54 Å². The summed E-state index contributed by atoms with van der Waals surface area (Å²) in [4.78, 5) is 11.5. The van der Waals surface area contributed by atoms with Gasteiger partial charge in [0.05, 0.1) is 42.8 Å². The predicted octanol–water partition coefficient (Wildman–Crippen LogP) is 2.10. The van der Waals surface area contributed by atoms with Crippen molar-refractivity contribution < 1.29 is 9.84 Å². The van der Waals surface area contributed by atoms with Crippen molar-refractivity contribution in [1.29, 1.82) is 0 Å². The molecule has 6 nitrogen and oxygen atoms in total. The van der Waals surface area contributed by atoms with Gasteiger partial charge in [-0.15, -0.1) is 0 Å². The number of rotatable bonds is 6. The van der Waals surface area contributed by atoms with Crippen LogP contribution in [0.1, 0.15) is 42.8 Å². The lowest BCUT2D eigenvalue weighted by molar-refractivity contribution is -0.123. The van der Waals surface area contributed by atoms with Gasteiger partial charge in [0.2, 0.25) is 0 Å². The molecule has 1 saturated heterocycles. The molecule has 1 aromatic carbocycles. The second-order valence-corrected chi connectivity index (χ2v) is 8.07. The molecule has 6 heteroatoms. The second kappa shape index (κ2) is 8.66. The molecular weight excluding hydrogens is 352 g/mol. The Bertz CT molecular complexity index is 772. The Labute approximate surface area is 167 Å². The number of nitrogens with one attached hydrogen (secondary N) is 1. The van der Waals surface area contributed by atoms with Crippen LogP contribution in [0.4, 0.5) is 0 Å². The number of morpholine rings is 1. The van der Waals surface area contributed by atoms with E-state index in [0.717, 1.165) is 37.2 Å². The maximum atomic E-state index is 10.4. The highest BCUT2D eigenvalue weighted by Gasteiger charge is 2.43. The molecule has 0 bridgehead atoms. The number of benzene rings is 1.